The Hall–Kier alpha value is -0.610. The SMILES string of the molecule is O=C(C1CCCNC1)N1CCC2(CCOCC2)C1. The third-order valence-corrected chi connectivity index (χ3v) is 4.95. The van der Waals surface area contributed by atoms with Crippen molar-refractivity contribution in [3.63, 3.8) is 0 Å². The van der Waals surface area contributed by atoms with E-state index >= 15 is 0 Å². The lowest BCUT2D eigenvalue weighted by atomic mass is 9.80. The Morgan fingerprint density at radius 3 is 2.83 bits per heavy atom. The van der Waals surface area contributed by atoms with Crippen molar-refractivity contribution in [1.82, 2.24) is 10.2 Å². The zero-order valence-electron chi connectivity index (χ0n) is 11.1. The molecule has 1 atom stereocenters. The van der Waals surface area contributed by atoms with Crippen molar-refractivity contribution in [2.24, 2.45) is 11.3 Å². The van der Waals surface area contributed by atoms with Crippen LogP contribution in [-0.4, -0.2) is 50.2 Å². The number of nitrogens with zero attached hydrogens (tertiary/aromatic N) is 1. The van der Waals surface area contributed by atoms with E-state index in [1.165, 1.54) is 6.42 Å². The molecule has 1 spiro atoms. The maximum atomic E-state index is 12.5. The van der Waals surface area contributed by atoms with E-state index in [1.54, 1.807) is 0 Å². The Kier molecular flexibility index (Phi) is 3.57. The highest BCUT2D eigenvalue weighted by atomic mass is 16.5. The Morgan fingerprint density at radius 2 is 2.11 bits per heavy atom. The fraction of sp³-hybridized carbons (Fsp3) is 0.929. The Labute approximate surface area is 109 Å². The van der Waals surface area contributed by atoms with Crippen LogP contribution in [0.5, 0.6) is 0 Å². The van der Waals surface area contributed by atoms with Crippen molar-refractivity contribution in [1.29, 1.82) is 0 Å². The molecule has 1 unspecified atom stereocenters. The van der Waals surface area contributed by atoms with Gasteiger partial charge in [-0.1, -0.05) is 0 Å². The van der Waals surface area contributed by atoms with Crippen molar-refractivity contribution in [2.45, 2.75) is 32.1 Å². The molecule has 0 aliphatic carbocycles. The minimum absolute atomic E-state index is 0.230. The van der Waals surface area contributed by atoms with Crippen LogP contribution >= 0.6 is 0 Å². The largest absolute Gasteiger partial charge is 0.381 e. The Balaban J connectivity index is 1.59. The molecular formula is C14H24N2O2. The second kappa shape index (κ2) is 5.17. The first-order chi connectivity index (χ1) is 8.79. The molecule has 0 aromatic carbocycles. The maximum Gasteiger partial charge on any atom is 0.226 e. The molecular weight excluding hydrogens is 228 g/mol. The van der Waals surface area contributed by atoms with Gasteiger partial charge in [-0.2, -0.15) is 0 Å². The van der Waals surface area contributed by atoms with Gasteiger partial charge in [-0.3, -0.25) is 4.79 Å². The molecule has 3 rings (SSSR count). The van der Waals surface area contributed by atoms with E-state index < -0.39 is 0 Å². The summed E-state index contributed by atoms with van der Waals surface area (Å²) in [6.07, 6.45) is 5.67. The number of amides is 1. The number of hydrogen-bond donors (Lipinski definition) is 1. The summed E-state index contributed by atoms with van der Waals surface area (Å²) in [7, 11) is 0. The number of piperidine rings is 1. The predicted octanol–water partition coefficient (Wildman–Crippen LogP) is 1.02. The molecule has 1 N–H and O–H groups in total. The van der Waals surface area contributed by atoms with Crippen LogP contribution in [-0.2, 0) is 9.53 Å². The van der Waals surface area contributed by atoms with E-state index in [4.69, 9.17) is 4.74 Å². The highest BCUT2D eigenvalue weighted by Gasteiger charge is 2.42. The first-order valence-corrected chi connectivity index (χ1v) is 7.36. The van der Waals surface area contributed by atoms with Crippen molar-refractivity contribution in [2.75, 3.05) is 39.4 Å². The van der Waals surface area contributed by atoms with E-state index in [0.717, 1.165) is 65.1 Å². The molecule has 1 amide bonds. The second-order valence-corrected chi connectivity index (χ2v) is 6.17. The van der Waals surface area contributed by atoms with Crippen LogP contribution in [0, 0.1) is 11.3 Å². The Morgan fingerprint density at radius 1 is 1.28 bits per heavy atom. The summed E-state index contributed by atoms with van der Waals surface area (Å²) >= 11 is 0. The van der Waals surface area contributed by atoms with Crippen molar-refractivity contribution < 1.29 is 9.53 Å². The number of carbonyl (C=O) groups is 1. The van der Waals surface area contributed by atoms with Crippen LogP contribution in [0.1, 0.15) is 32.1 Å². The summed E-state index contributed by atoms with van der Waals surface area (Å²) in [4.78, 5) is 14.6. The molecule has 4 heteroatoms. The number of nitrogens with one attached hydrogen (secondary N) is 1. The summed E-state index contributed by atoms with van der Waals surface area (Å²) in [6, 6.07) is 0. The van der Waals surface area contributed by atoms with E-state index in [2.05, 4.69) is 10.2 Å². The van der Waals surface area contributed by atoms with E-state index in [9.17, 15) is 4.79 Å². The lowest BCUT2D eigenvalue weighted by Crippen LogP contribution is -2.43. The van der Waals surface area contributed by atoms with E-state index in [0.29, 0.717) is 11.3 Å². The van der Waals surface area contributed by atoms with Crippen LogP contribution in [0.4, 0.5) is 0 Å². The van der Waals surface area contributed by atoms with Gasteiger partial charge >= 0.3 is 0 Å². The standard InChI is InChI=1S/C14H24N2O2/c17-13(12-2-1-6-15-10-12)16-7-3-14(11-16)4-8-18-9-5-14/h12,15H,1-11H2. The first kappa shape index (κ1) is 12.4. The summed E-state index contributed by atoms with van der Waals surface area (Å²) in [5.41, 5.74) is 0.385. The average molecular weight is 252 g/mol. The molecule has 0 radical (unpaired) electrons. The minimum atomic E-state index is 0.230. The van der Waals surface area contributed by atoms with Gasteiger partial charge < -0.3 is 15.0 Å². The molecule has 18 heavy (non-hydrogen) atoms. The number of hydrogen-bond acceptors (Lipinski definition) is 3. The van der Waals surface area contributed by atoms with Gasteiger partial charge in [0.05, 0.1) is 5.92 Å². The van der Waals surface area contributed by atoms with Crippen molar-refractivity contribution in [3.8, 4) is 0 Å². The molecule has 3 fully saturated rings. The van der Waals surface area contributed by atoms with Crippen LogP contribution in [0.15, 0.2) is 0 Å². The molecule has 0 saturated carbocycles. The van der Waals surface area contributed by atoms with Crippen LogP contribution in [0.3, 0.4) is 0 Å². The van der Waals surface area contributed by atoms with Gasteiger partial charge in [0.1, 0.15) is 0 Å². The van der Waals surface area contributed by atoms with Gasteiger partial charge in [-0.15, -0.1) is 0 Å². The molecule has 3 saturated heterocycles. The predicted molar refractivity (Wildman–Crippen MR) is 69.3 cm³/mol. The summed E-state index contributed by atoms with van der Waals surface area (Å²) in [5.74, 6) is 0.624. The third kappa shape index (κ3) is 2.41. The van der Waals surface area contributed by atoms with E-state index in [-0.39, 0.29) is 5.92 Å². The van der Waals surface area contributed by atoms with Gasteiger partial charge in [-0.25, -0.2) is 0 Å². The molecule has 0 aromatic rings. The minimum Gasteiger partial charge on any atom is -0.381 e. The molecule has 3 aliphatic heterocycles. The smallest absolute Gasteiger partial charge is 0.226 e. The van der Waals surface area contributed by atoms with Gasteiger partial charge in [0.15, 0.2) is 0 Å². The first-order valence-electron chi connectivity index (χ1n) is 7.36. The van der Waals surface area contributed by atoms with E-state index in [1.807, 2.05) is 0 Å². The summed E-state index contributed by atoms with van der Waals surface area (Å²) < 4.78 is 5.45. The maximum absolute atomic E-state index is 12.5. The fourth-order valence-electron chi connectivity index (χ4n) is 3.66. The zero-order chi connectivity index (χ0) is 12.4. The van der Waals surface area contributed by atoms with Crippen LogP contribution in [0.2, 0.25) is 0 Å². The topological polar surface area (TPSA) is 41.6 Å². The fourth-order valence-corrected chi connectivity index (χ4v) is 3.66. The number of ether oxygens (including phenoxy) is 1. The average Bonchev–Trinajstić information content (AvgIpc) is 2.83. The number of rotatable bonds is 1. The van der Waals surface area contributed by atoms with Crippen molar-refractivity contribution in [3.05, 3.63) is 0 Å². The zero-order valence-corrected chi connectivity index (χ0v) is 11.1. The normalized spacial score (nSPS) is 31.8. The highest BCUT2D eigenvalue weighted by molar-refractivity contribution is 5.79. The summed E-state index contributed by atoms with van der Waals surface area (Å²) in [6.45, 7) is 5.66. The third-order valence-electron chi connectivity index (χ3n) is 4.95. The van der Waals surface area contributed by atoms with Crippen LogP contribution < -0.4 is 5.32 Å². The molecule has 3 aliphatic rings. The summed E-state index contributed by atoms with van der Waals surface area (Å²) in [5, 5.41) is 3.34. The van der Waals surface area contributed by atoms with Crippen molar-refractivity contribution >= 4 is 5.91 Å². The molecule has 0 bridgehead atoms. The Bertz CT molecular complexity index is 307. The second-order valence-electron chi connectivity index (χ2n) is 6.17. The highest BCUT2D eigenvalue weighted by Crippen LogP contribution is 2.40. The molecule has 102 valence electrons. The molecule has 4 nitrogen and oxygen atoms in total. The monoisotopic (exact) mass is 252 g/mol. The van der Waals surface area contributed by atoms with Gasteiger partial charge in [0.25, 0.3) is 0 Å². The van der Waals surface area contributed by atoms with Gasteiger partial charge in [-0.05, 0) is 44.1 Å². The van der Waals surface area contributed by atoms with Gasteiger partial charge in [0.2, 0.25) is 5.91 Å². The molecule has 0 aromatic heterocycles. The van der Waals surface area contributed by atoms with Gasteiger partial charge in [0, 0.05) is 32.8 Å². The molecule has 3 heterocycles. The quantitative estimate of drug-likeness (QED) is 0.757. The number of likely N-dealkylation sites (tertiary alicyclic amines) is 1. The lowest BCUT2D eigenvalue weighted by Gasteiger charge is -2.34. The number of carbonyl (C=O) groups excluding carboxylic acids is 1. The van der Waals surface area contributed by atoms with Crippen LogP contribution in [0.25, 0.3) is 0 Å². The lowest BCUT2D eigenvalue weighted by molar-refractivity contribution is -0.135.